The molecule has 1 unspecified atom stereocenters. The van der Waals surface area contributed by atoms with Gasteiger partial charge in [-0.15, -0.1) is 0 Å². The van der Waals surface area contributed by atoms with Crippen molar-refractivity contribution in [3.63, 3.8) is 0 Å². The first kappa shape index (κ1) is 44.0. The lowest BCUT2D eigenvalue weighted by molar-refractivity contribution is -0.612. The number of piperidine rings is 2. The second-order valence-corrected chi connectivity index (χ2v) is 16.8. The molecule has 0 saturated carbocycles. The molecule has 0 bridgehead atoms. The molecule has 292 valence electrons. The first-order valence-electron chi connectivity index (χ1n) is 17.5. The largest absolute Gasteiger partial charge is 0.618 e. The number of aromatic nitrogens is 1. The number of carbonyl (C=O) groups excluding carboxylic acids is 2. The van der Waals surface area contributed by atoms with Crippen LogP contribution in [0.25, 0.3) is 0 Å². The maximum Gasteiger partial charge on any atom is 0.327 e. The van der Waals surface area contributed by atoms with Gasteiger partial charge in [0.05, 0.1) is 5.71 Å². The zero-order valence-electron chi connectivity index (χ0n) is 30.9. The number of halogens is 1. The van der Waals surface area contributed by atoms with Crippen LogP contribution < -0.4 is 15.8 Å². The topological polar surface area (TPSA) is 202 Å². The molecule has 4 rings (SSSR count). The molecule has 14 nitrogen and oxygen atoms in total. The first-order valence-corrected chi connectivity index (χ1v) is 20.8. The molecule has 3 heterocycles. The van der Waals surface area contributed by atoms with Crippen LogP contribution in [0, 0.1) is 25.0 Å². The fourth-order valence-corrected chi connectivity index (χ4v) is 8.83. The second-order valence-electron chi connectivity index (χ2n) is 13.3. The second kappa shape index (κ2) is 20.9. The Bertz CT molecular complexity index is 1600. The van der Waals surface area contributed by atoms with Crippen LogP contribution in [0.15, 0.2) is 46.2 Å². The van der Waals surface area contributed by atoms with Crippen LogP contribution in [-0.2, 0) is 19.2 Å². The molecule has 2 aliphatic heterocycles. The van der Waals surface area contributed by atoms with E-state index in [0.29, 0.717) is 36.9 Å². The lowest BCUT2D eigenvalue weighted by atomic mass is 9.82. The van der Waals surface area contributed by atoms with Gasteiger partial charge in [0.25, 0.3) is 5.91 Å². The van der Waals surface area contributed by atoms with Crippen LogP contribution in [0.1, 0.15) is 73.6 Å². The number of pyridine rings is 1. The highest BCUT2D eigenvalue weighted by Gasteiger charge is 2.40. The minimum atomic E-state index is -1.13. The van der Waals surface area contributed by atoms with Crippen molar-refractivity contribution in [2.24, 2.45) is 16.8 Å². The number of benzene rings is 1. The summed E-state index contributed by atoms with van der Waals surface area (Å²) in [4.78, 5) is 55.1. The number of aliphatic carboxylic acids is 2. The fraction of sp³-hybridized carbons (Fsp3) is 0.556. The number of hydrogen-bond acceptors (Lipinski definition) is 11. The van der Waals surface area contributed by atoms with Crippen molar-refractivity contribution in [2.75, 3.05) is 44.3 Å². The highest BCUT2D eigenvalue weighted by atomic mass is 79.9. The number of carboxylic acids is 2. The Kier molecular flexibility index (Phi) is 17.4. The quantitative estimate of drug-likeness (QED) is 0.0528. The maximum atomic E-state index is 13.3. The maximum absolute atomic E-state index is 13.3. The summed E-state index contributed by atoms with van der Waals surface area (Å²) >= 11 is 3.52. The third kappa shape index (κ3) is 12.9. The number of rotatable bonds is 14. The van der Waals surface area contributed by atoms with Crippen LogP contribution in [-0.4, -0.2) is 111 Å². The minimum absolute atomic E-state index is 0.0257. The summed E-state index contributed by atoms with van der Waals surface area (Å²) in [6.45, 7) is 13.1. The first-order chi connectivity index (χ1) is 25.1. The number of likely N-dealkylation sites (tertiary alicyclic amines) is 2. The van der Waals surface area contributed by atoms with Gasteiger partial charge in [0.15, 0.2) is 6.20 Å². The van der Waals surface area contributed by atoms with Crippen molar-refractivity contribution in [1.82, 2.24) is 15.1 Å². The van der Waals surface area contributed by atoms with Crippen LogP contribution in [0.4, 0.5) is 0 Å². The molecule has 2 saturated heterocycles. The number of carbonyl (C=O) groups is 4. The molecular formula is C36H51BrN6O8S2. The van der Waals surface area contributed by atoms with E-state index in [-0.39, 0.29) is 23.0 Å². The summed E-state index contributed by atoms with van der Waals surface area (Å²) in [7, 11) is 2.31. The molecule has 2 aromatic rings. The van der Waals surface area contributed by atoms with E-state index in [1.54, 1.807) is 13.0 Å². The number of carboxylic acid groups (broad SMARTS) is 2. The summed E-state index contributed by atoms with van der Waals surface area (Å²) in [6, 6.07) is 8.08. The Hall–Kier alpha value is -3.38. The zero-order chi connectivity index (χ0) is 39.3. The van der Waals surface area contributed by atoms with E-state index in [2.05, 4.69) is 62.5 Å². The molecule has 2 atom stereocenters. The molecule has 2 fully saturated rings. The molecule has 17 heteroatoms. The Labute approximate surface area is 327 Å². The van der Waals surface area contributed by atoms with Gasteiger partial charge in [0, 0.05) is 60.4 Å². The molecule has 1 aromatic heterocycles. The van der Waals surface area contributed by atoms with Gasteiger partial charge in [-0.2, -0.15) is 4.73 Å². The third-order valence-corrected chi connectivity index (χ3v) is 12.5. The average molecular weight is 840 g/mol. The molecule has 0 aliphatic carbocycles. The van der Waals surface area contributed by atoms with E-state index >= 15 is 0 Å². The summed E-state index contributed by atoms with van der Waals surface area (Å²) < 4.78 is 1.84. The third-order valence-electron chi connectivity index (χ3n) is 9.52. The van der Waals surface area contributed by atoms with E-state index in [1.807, 2.05) is 18.7 Å². The normalized spacial score (nSPS) is 17.6. The number of nitrogens with zero attached hydrogens (tertiary/aromatic N) is 4. The van der Waals surface area contributed by atoms with Gasteiger partial charge < -0.3 is 36.2 Å². The number of aryl methyl sites for hydroxylation is 1. The Morgan fingerprint density at radius 2 is 1.66 bits per heavy atom. The van der Waals surface area contributed by atoms with E-state index in [4.69, 9.17) is 20.8 Å². The molecule has 2 amide bonds. The molecule has 5 N–H and O–H groups in total. The molecule has 0 radical (unpaired) electrons. The number of nitrogens with one attached hydrogen (secondary N) is 1. The van der Waals surface area contributed by atoms with Gasteiger partial charge in [-0.25, -0.2) is 4.79 Å². The zero-order valence-corrected chi connectivity index (χ0v) is 34.1. The van der Waals surface area contributed by atoms with Gasteiger partial charge in [-0.05, 0) is 82.8 Å². The van der Waals surface area contributed by atoms with E-state index in [9.17, 15) is 24.4 Å². The monoisotopic (exact) mass is 838 g/mol. The van der Waals surface area contributed by atoms with E-state index in [0.717, 1.165) is 86.4 Å². The van der Waals surface area contributed by atoms with Gasteiger partial charge in [0.2, 0.25) is 11.6 Å². The highest BCUT2D eigenvalue weighted by molar-refractivity contribution is 9.10. The fourth-order valence-electron chi connectivity index (χ4n) is 6.30. The number of amides is 2. The Morgan fingerprint density at radius 1 is 1.06 bits per heavy atom. The van der Waals surface area contributed by atoms with Gasteiger partial charge in [-0.3, -0.25) is 19.3 Å². The average Bonchev–Trinajstić information content (AvgIpc) is 3.12. The SMILES string of the molecule is CC(=O)N[C@@H](CSSCC(N)C(=O)O)C(=O)O.CCO/N=C(/c1ccc(Br)cc1)C1CCN(C2(C)CCN(C(=O)c3c(C)cc[n+]([O-])c3C)CC2)CC1. The Balaban J connectivity index is 0.000000377. The van der Waals surface area contributed by atoms with E-state index < -0.39 is 29.9 Å². The van der Waals surface area contributed by atoms with Crippen LogP contribution >= 0.6 is 37.5 Å². The van der Waals surface area contributed by atoms with Gasteiger partial charge >= 0.3 is 11.9 Å². The number of nitrogens with two attached hydrogens (primary N) is 1. The summed E-state index contributed by atoms with van der Waals surface area (Å²) in [6.07, 6.45) is 5.40. The molecule has 2 aliphatic rings. The highest BCUT2D eigenvalue weighted by Crippen LogP contribution is 2.34. The molecule has 53 heavy (non-hydrogen) atoms. The summed E-state index contributed by atoms with van der Waals surface area (Å²) in [5.74, 6) is -2.00. The van der Waals surface area contributed by atoms with Crippen LogP contribution in [0.5, 0.6) is 0 Å². The van der Waals surface area contributed by atoms with Crippen molar-refractivity contribution in [1.29, 1.82) is 0 Å². The van der Waals surface area contributed by atoms with Crippen molar-refractivity contribution >= 4 is 67.0 Å². The van der Waals surface area contributed by atoms with Crippen molar-refractivity contribution in [3.05, 3.63) is 68.6 Å². The predicted molar refractivity (Wildman–Crippen MR) is 211 cm³/mol. The lowest BCUT2D eigenvalue weighted by Crippen LogP contribution is -2.57. The predicted octanol–water partition coefficient (Wildman–Crippen LogP) is 4.22. The standard InChI is InChI=1S/C28H37BrN4O3.C8H14N2O5S2/c1-5-36-30-26(22-6-8-24(29)9-7-22)23-11-15-32(16-12-23)28(4)13-18-31(19-14-28)27(34)25-20(2)10-17-33(35)21(25)3;1-4(11)10-6(8(14)15)3-17-16-2-5(9)7(12)13/h6-10,17,23H,5,11-16,18-19H2,1-4H3;5-6H,2-3,9H2,1H3,(H,10,11)(H,12,13)(H,14,15)/b30-26-;/t;5?,6-/m.0/s1. The van der Waals surface area contributed by atoms with Crippen molar-refractivity contribution in [2.45, 2.75) is 77.9 Å². The molecule has 1 aromatic carbocycles. The van der Waals surface area contributed by atoms with Crippen molar-refractivity contribution < 1.29 is 39.0 Å². The van der Waals surface area contributed by atoms with E-state index in [1.165, 1.54) is 13.1 Å². The summed E-state index contributed by atoms with van der Waals surface area (Å²) in [5.41, 5.74) is 9.36. The lowest BCUT2D eigenvalue weighted by Gasteiger charge is -2.49. The minimum Gasteiger partial charge on any atom is -0.618 e. The van der Waals surface area contributed by atoms with Crippen LogP contribution in [0.3, 0.4) is 0 Å². The molecular weight excluding hydrogens is 788 g/mol. The summed E-state index contributed by atoms with van der Waals surface area (Å²) in [5, 5.41) is 36.1. The van der Waals surface area contributed by atoms with Crippen LogP contribution in [0.2, 0.25) is 0 Å². The Morgan fingerprint density at radius 3 is 2.21 bits per heavy atom. The smallest absolute Gasteiger partial charge is 0.327 e. The molecule has 0 spiro atoms. The van der Waals surface area contributed by atoms with Crippen molar-refractivity contribution in [3.8, 4) is 0 Å². The number of hydrogen-bond donors (Lipinski definition) is 4. The number of oxime groups is 1. The van der Waals surface area contributed by atoms with Gasteiger partial charge in [-0.1, -0.05) is 54.8 Å². The van der Waals surface area contributed by atoms with Gasteiger partial charge in [0.1, 0.15) is 24.3 Å².